The van der Waals surface area contributed by atoms with Gasteiger partial charge in [-0.1, -0.05) is 46.3 Å². The minimum atomic E-state index is -0.231. The molecule has 0 saturated carbocycles. The fourth-order valence-electron chi connectivity index (χ4n) is 2.09. The Bertz CT molecular complexity index is 722. The molecule has 0 aliphatic carbocycles. The number of hydrogen-bond donors (Lipinski definition) is 1. The lowest BCUT2D eigenvalue weighted by Crippen LogP contribution is -1.91. The molecule has 1 aromatic heterocycles. The van der Waals surface area contributed by atoms with E-state index in [1.54, 1.807) is 6.07 Å². The fourth-order valence-corrected chi connectivity index (χ4v) is 2.48. The summed E-state index contributed by atoms with van der Waals surface area (Å²) in [5.41, 5.74) is 3.81. The number of H-pyrrole nitrogens is 1. The highest BCUT2D eigenvalue weighted by molar-refractivity contribution is 9.10. The molecule has 0 bridgehead atoms. The maximum atomic E-state index is 13.3. The predicted octanol–water partition coefficient (Wildman–Crippen LogP) is 4.57. The van der Waals surface area contributed by atoms with Crippen LogP contribution in [0, 0.1) is 5.82 Å². The zero-order valence-corrected chi connectivity index (χ0v) is 12.2. The highest BCUT2D eigenvalue weighted by atomic mass is 79.9. The monoisotopic (exact) mass is 330 g/mol. The SMILES string of the molecule is Fc1ccc(Br)c(Cc2cc(-c3ccccc3)n[nH]2)c1. The topological polar surface area (TPSA) is 28.7 Å². The summed E-state index contributed by atoms with van der Waals surface area (Å²) in [6.07, 6.45) is 0.609. The minimum Gasteiger partial charge on any atom is -0.282 e. The summed E-state index contributed by atoms with van der Waals surface area (Å²) in [5, 5.41) is 7.31. The van der Waals surface area contributed by atoms with Gasteiger partial charge < -0.3 is 0 Å². The number of aromatic amines is 1. The molecule has 4 heteroatoms. The number of aromatic nitrogens is 2. The molecular formula is C16H12BrFN2. The number of rotatable bonds is 3. The van der Waals surface area contributed by atoms with Gasteiger partial charge in [-0.15, -0.1) is 0 Å². The van der Waals surface area contributed by atoms with Gasteiger partial charge in [0.05, 0.1) is 5.69 Å². The molecule has 20 heavy (non-hydrogen) atoms. The summed E-state index contributed by atoms with van der Waals surface area (Å²) in [6.45, 7) is 0. The van der Waals surface area contributed by atoms with Crippen molar-refractivity contribution in [2.24, 2.45) is 0 Å². The van der Waals surface area contributed by atoms with Gasteiger partial charge >= 0.3 is 0 Å². The first-order chi connectivity index (χ1) is 9.72. The van der Waals surface area contributed by atoms with Crippen molar-refractivity contribution in [1.29, 1.82) is 0 Å². The van der Waals surface area contributed by atoms with E-state index in [1.807, 2.05) is 36.4 Å². The number of hydrogen-bond acceptors (Lipinski definition) is 1. The van der Waals surface area contributed by atoms with Gasteiger partial charge in [-0.05, 0) is 29.8 Å². The van der Waals surface area contributed by atoms with Crippen LogP contribution in [-0.2, 0) is 6.42 Å². The van der Waals surface area contributed by atoms with E-state index in [4.69, 9.17) is 0 Å². The number of benzene rings is 2. The van der Waals surface area contributed by atoms with Crippen molar-refractivity contribution in [2.75, 3.05) is 0 Å². The summed E-state index contributed by atoms with van der Waals surface area (Å²) in [7, 11) is 0. The number of nitrogens with one attached hydrogen (secondary N) is 1. The van der Waals surface area contributed by atoms with Crippen molar-refractivity contribution in [3.63, 3.8) is 0 Å². The van der Waals surface area contributed by atoms with E-state index in [2.05, 4.69) is 26.1 Å². The zero-order valence-electron chi connectivity index (χ0n) is 10.6. The highest BCUT2D eigenvalue weighted by Gasteiger charge is 2.07. The van der Waals surface area contributed by atoms with Crippen LogP contribution in [0.4, 0.5) is 4.39 Å². The summed E-state index contributed by atoms with van der Waals surface area (Å²) >= 11 is 3.44. The Balaban J connectivity index is 1.86. The van der Waals surface area contributed by atoms with Crippen molar-refractivity contribution in [1.82, 2.24) is 10.2 Å². The van der Waals surface area contributed by atoms with Crippen LogP contribution in [0.2, 0.25) is 0 Å². The summed E-state index contributed by atoms with van der Waals surface area (Å²) < 4.78 is 14.2. The number of halogens is 2. The van der Waals surface area contributed by atoms with Crippen LogP contribution < -0.4 is 0 Å². The van der Waals surface area contributed by atoms with Crippen LogP contribution in [0.3, 0.4) is 0 Å². The first kappa shape index (κ1) is 13.1. The Morgan fingerprint density at radius 1 is 1.05 bits per heavy atom. The lowest BCUT2D eigenvalue weighted by atomic mass is 10.1. The highest BCUT2D eigenvalue weighted by Crippen LogP contribution is 2.23. The first-order valence-corrected chi connectivity index (χ1v) is 7.05. The van der Waals surface area contributed by atoms with Gasteiger partial charge in [0.1, 0.15) is 5.82 Å². The zero-order chi connectivity index (χ0) is 13.9. The standard InChI is InChI=1S/C16H12BrFN2/c17-15-7-6-13(18)8-12(15)9-14-10-16(20-19-14)11-4-2-1-3-5-11/h1-8,10H,9H2,(H,19,20). The number of nitrogens with zero attached hydrogens (tertiary/aromatic N) is 1. The largest absolute Gasteiger partial charge is 0.282 e. The van der Waals surface area contributed by atoms with Crippen molar-refractivity contribution < 1.29 is 4.39 Å². The second-order valence-corrected chi connectivity index (χ2v) is 5.41. The van der Waals surface area contributed by atoms with Gasteiger partial charge in [-0.3, -0.25) is 5.10 Å². The van der Waals surface area contributed by atoms with Crippen LogP contribution in [0.5, 0.6) is 0 Å². The summed E-state index contributed by atoms with van der Waals surface area (Å²) in [4.78, 5) is 0. The average molecular weight is 331 g/mol. The molecule has 1 N–H and O–H groups in total. The second kappa shape index (κ2) is 5.59. The molecule has 3 rings (SSSR count). The van der Waals surface area contributed by atoms with Crippen LogP contribution in [0.15, 0.2) is 59.1 Å². The van der Waals surface area contributed by atoms with Gasteiger partial charge in [-0.2, -0.15) is 5.10 Å². The van der Waals surface area contributed by atoms with E-state index in [9.17, 15) is 4.39 Å². The van der Waals surface area contributed by atoms with E-state index in [0.29, 0.717) is 6.42 Å². The van der Waals surface area contributed by atoms with Crippen molar-refractivity contribution in [3.8, 4) is 11.3 Å². The van der Waals surface area contributed by atoms with E-state index >= 15 is 0 Å². The fraction of sp³-hybridized carbons (Fsp3) is 0.0625. The van der Waals surface area contributed by atoms with Crippen molar-refractivity contribution in [3.05, 3.63) is 76.1 Å². The van der Waals surface area contributed by atoms with Gasteiger partial charge in [0.15, 0.2) is 0 Å². The van der Waals surface area contributed by atoms with Gasteiger partial charge in [0, 0.05) is 22.2 Å². The molecule has 0 atom stereocenters. The average Bonchev–Trinajstić information content (AvgIpc) is 2.92. The molecular weight excluding hydrogens is 319 g/mol. The summed E-state index contributed by atoms with van der Waals surface area (Å²) in [6, 6.07) is 16.6. The Morgan fingerprint density at radius 3 is 2.65 bits per heavy atom. The quantitative estimate of drug-likeness (QED) is 0.748. The minimum absolute atomic E-state index is 0.231. The smallest absolute Gasteiger partial charge is 0.123 e. The molecule has 0 aliphatic rings. The molecule has 0 spiro atoms. The molecule has 0 unspecified atom stereocenters. The maximum absolute atomic E-state index is 13.3. The Hall–Kier alpha value is -1.94. The molecule has 0 amide bonds. The first-order valence-electron chi connectivity index (χ1n) is 6.26. The normalized spacial score (nSPS) is 10.7. The molecule has 3 aromatic rings. The van der Waals surface area contributed by atoms with E-state index in [-0.39, 0.29) is 5.82 Å². The molecule has 100 valence electrons. The van der Waals surface area contributed by atoms with Gasteiger partial charge in [0.2, 0.25) is 0 Å². The van der Waals surface area contributed by atoms with Crippen LogP contribution >= 0.6 is 15.9 Å². The lowest BCUT2D eigenvalue weighted by Gasteiger charge is -2.02. The van der Waals surface area contributed by atoms with Crippen molar-refractivity contribution in [2.45, 2.75) is 6.42 Å². The van der Waals surface area contributed by atoms with E-state index in [1.165, 1.54) is 12.1 Å². The molecule has 1 heterocycles. The Morgan fingerprint density at radius 2 is 1.85 bits per heavy atom. The van der Waals surface area contributed by atoms with Gasteiger partial charge in [-0.25, -0.2) is 4.39 Å². The molecule has 0 aliphatic heterocycles. The molecule has 0 fully saturated rings. The second-order valence-electron chi connectivity index (χ2n) is 4.56. The van der Waals surface area contributed by atoms with Gasteiger partial charge in [0.25, 0.3) is 0 Å². The Kier molecular flexibility index (Phi) is 3.65. The summed E-state index contributed by atoms with van der Waals surface area (Å²) in [5.74, 6) is -0.231. The maximum Gasteiger partial charge on any atom is 0.123 e. The Labute approximate surface area is 124 Å². The molecule has 0 saturated heterocycles. The van der Waals surface area contributed by atoms with E-state index < -0.39 is 0 Å². The third kappa shape index (κ3) is 2.80. The third-order valence-corrected chi connectivity index (χ3v) is 3.86. The third-order valence-electron chi connectivity index (χ3n) is 3.09. The van der Waals surface area contributed by atoms with Crippen LogP contribution in [-0.4, -0.2) is 10.2 Å². The lowest BCUT2D eigenvalue weighted by molar-refractivity contribution is 0.625. The predicted molar refractivity (Wildman–Crippen MR) is 80.9 cm³/mol. The van der Waals surface area contributed by atoms with E-state index in [0.717, 1.165) is 27.0 Å². The van der Waals surface area contributed by atoms with Crippen LogP contribution in [0.25, 0.3) is 11.3 Å². The molecule has 2 aromatic carbocycles. The van der Waals surface area contributed by atoms with Crippen LogP contribution in [0.1, 0.15) is 11.3 Å². The van der Waals surface area contributed by atoms with Crippen molar-refractivity contribution >= 4 is 15.9 Å². The molecule has 0 radical (unpaired) electrons. The molecule has 2 nitrogen and oxygen atoms in total.